The van der Waals surface area contributed by atoms with E-state index < -0.39 is 17.5 Å². The molecule has 0 aliphatic carbocycles. The highest BCUT2D eigenvalue weighted by molar-refractivity contribution is 5.99. The van der Waals surface area contributed by atoms with Crippen molar-refractivity contribution in [2.75, 3.05) is 26.6 Å². The standard InChI is InChI=1S/C26H27NO9/c1-13-10-20(30)23(26(32)36-13)18(16-7-9-21(33-3)25(35-5)24(16)34-4)12-22(31)27-15-6-8-19(29)17(11-15)14(2)28/h6-11,18,29-30H,12H2,1-5H3,(H,27,31)/t18-/m1/s1. The number of ether oxygens (including phenoxy) is 3. The molecule has 3 N–H and O–H groups in total. The number of ketones is 1. The molecular formula is C26H27NO9. The summed E-state index contributed by atoms with van der Waals surface area (Å²) in [7, 11) is 4.27. The van der Waals surface area contributed by atoms with Crippen LogP contribution in [0, 0.1) is 6.92 Å². The zero-order valence-electron chi connectivity index (χ0n) is 20.5. The predicted octanol–water partition coefficient (Wildman–Crippen LogP) is 3.75. The van der Waals surface area contributed by atoms with Crippen molar-refractivity contribution < 1.29 is 38.4 Å². The van der Waals surface area contributed by atoms with Gasteiger partial charge in [0.05, 0.1) is 32.5 Å². The van der Waals surface area contributed by atoms with E-state index in [2.05, 4.69) is 5.32 Å². The Morgan fingerprint density at radius 3 is 2.25 bits per heavy atom. The number of methoxy groups -OCH3 is 3. The van der Waals surface area contributed by atoms with Crippen LogP contribution in [0.4, 0.5) is 5.69 Å². The number of benzene rings is 2. The summed E-state index contributed by atoms with van der Waals surface area (Å²) in [5.41, 5.74) is -0.280. The van der Waals surface area contributed by atoms with Crippen molar-refractivity contribution in [3.8, 4) is 28.7 Å². The van der Waals surface area contributed by atoms with Gasteiger partial charge < -0.3 is 34.2 Å². The van der Waals surface area contributed by atoms with Crippen LogP contribution in [-0.2, 0) is 4.79 Å². The van der Waals surface area contributed by atoms with Crippen molar-refractivity contribution >= 4 is 17.4 Å². The molecule has 0 bridgehead atoms. The minimum Gasteiger partial charge on any atom is -0.507 e. The summed E-state index contributed by atoms with van der Waals surface area (Å²) in [6.45, 7) is 2.81. The molecule has 3 rings (SSSR count). The molecule has 190 valence electrons. The molecule has 10 nitrogen and oxygen atoms in total. The molecular weight excluding hydrogens is 470 g/mol. The number of carbonyl (C=O) groups excluding carboxylic acids is 2. The molecule has 0 saturated carbocycles. The van der Waals surface area contributed by atoms with Gasteiger partial charge in [-0.1, -0.05) is 6.07 Å². The Kier molecular flexibility index (Phi) is 7.88. The number of phenolic OH excluding ortho intramolecular Hbond substituents is 1. The van der Waals surface area contributed by atoms with E-state index in [0.29, 0.717) is 11.3 Å². The lowest BCUT2D eigenvalue weighted by Crippen LogP contribution is -2.21. The van der Waals surface area contributed by atoms with E-state index in [0.717, 1.165) is 0 Å². The maximum atomic E-state index is 13.1. The van der Waals surface area contributed by atoms with Crippen molar-refractivity contribution in [1.29, 1.82) is 0 Å². The minimum absolute atomic E-state index is 0.0442. The SMILES string of the molecule is COc1ccc([C@@H](CC(=O)Nc2ccc(O)c(C(C)=O)c2)c2c(O)cc(C)oc2=O)c(OC)c1OC. The summed E-state index contributed by atoms with van der Waals surface area (Å²) in [6, 6.07) is 8.55. The molecule has 0 aliphatic heterocycles. The third-order valence-corrected chi connectivity index (χ3v) is 5.60. The smallest absolute Gasteiger partial charge is 0.343 e. The number of phenols is 1. The van der Waals surface area contributed by atoms with Crippen molar-refractivity contribution in [2.24, 2.45) is 0 Å². The van der Waals surface area contributed by atoms with Crippen LogP contribution < -0.4 is 25.2 Å². The summed E-state index contributed by atoms with van der Waals surface area (Å²) in [5.74, 6) is -1.48. The summed E-state index contributed by atoms with van der Waals surface area (Å²) in [5, 5.41) is 23.2. The molecule has 0 aliphatic rings. The van der Waals surface area contributed by atoms with Crippen LogP contribution in [0.5, 0.6) is 28.7 Å². The van der Waals surface area contributed by atoms with Gasteiger partial charge in [-0.25, -0.2) is 4.79 Å². The second-order valence-corrected chi connectivity index (χ2v) is 7.96. The van der Waals surface area contributed by atoms with E-state index in [1.54, 1.807) is 12.1 Å². The summed E-state index contributed by atoms with van der Waals surface area (Å²) in [6.07, 6.45) is -0.316. The first-order valence-electron chi connectivity index (χ1n) is 10.9. The van der Waals surface area contributed by atoms with Gasteiger partial charge in [0.2, 0.25) is 11.7 Å². The largest absolute Gasteiger partial charge is 0.507 e. The molecule has 2 aromatic carbocycles. The Balaban J connectivity index is 2.11. The van der Waals surface area contributed by atoms with E-state index in [1.807, 2.05) is 0 Å². The van der Waals surface area contributed by atoms with E-state index in [9.17, 15) is 24.6 Å². The molecule has 0 saturated heterocycles. The van der Waals surface area contributed by atoms with E-state index in [4.69, 9.17) is 18.6 Å². The second kappa shape index (κ2) is 10.9. The molecule has 0 fully saturated rings. The highest BCUT2D eigenvalue weighted by atomic mass is 16.5. The van der Waals surface area contributed by atoms with Gasteiger partial charge in [-0.05, 0) is 38.1 Å². The van der Waals surface area contributed by atoms with Crippen molar-refractivity contribution in [2.45, 2.75) is 26.2 Å². The number of anilines is 1. The fourth-order valence-corrected chi connectivity index (χ4v) is 3.99. The fourth-order valence-electron chi connectivity index (χ4n) is 3.99. The Bertz CT molecular complexity index is 1360. The van der Waals surface area contributed by atoms with Gasteiger partial charge in [-0.2, -0.15) is 0 Å². The number of hydrogen-bond acceptors (Lipinski definition) is 9. The van der Waals surface area contributed by atoms with E-state index in [1.165, 1.54) is 59.4 Å². The van der Waals surface area contributed by atoms with Crippen LogP contribution in [0.2, 0.25) is 0 Å². The Hall–Kier alpha value is -4.47. The molecule has 0 unspecified atom stereocenters. The maximum absolute atomic E-state index is 13.1. The molecule has 1 aromatic heterocycles. The lowest BCUT2D eigenvalue weighted by molar-refractivity contribution is -0.116. The summed E-state index contributed by atoms with van der Waals surface area (Å²) >= 11 is 0. The molecule has 10 heteroatoms. The first-order valence-corrected chi connectivity index (χ1v) is 10.9. The molecule has 1 heterocycles. The average Bonchev–Trinajstić information content (AvgIpc) is 2.82. The van der Waals surface area contributed by atoms with E-state index >= 15 is 0 Å². The zero-order valence-corrected chi connectivity index (χ0v) is 20.5. The van der Waals surface area contributed by atoms with Gasteiger partial charge in [0, 0.05) is 29.7 Å². The lowest BCUT2D eigenvalue weighted by atomic mass is 9.87. The Morgan fingerprint density at radius 2 is 1.67 bits per heavy atom. The van der Waals surface area contributed by atoms with Crippen LogP contribution in [-0.4, -0.2) is 43.2 Å². The van der Waals surface area contributed by atoms with Gasteiger partial charge in [-0.3, -0.25) is 9.59 Å². The average molecular weight is 498 g/mol. The number of amides is 1. The summed E-state index contributed by atoms with van der Waals surface area (Å²) in [4.78, 5) is 37.7. The van der Waals surface area contributed by atoms with Gasteiger partial charge in [0.15, 0.2) is 17.3 Å². The quantitative estimate of drug-likeness (QED) is 0.297. The molecule has 3 aromatic rings. The number of carbonyl (C=O) groups is 2. The number of Topliss-reactive ketones (excluding diaryl/α,β-unsaturated/α-hetero) is 1. The summed E-state index contributed by atoms with van der Waals surface area (Å²) < 4.78 is 21.5. The van der Waals surface area contributed by atoms with Crippen LogP contribution in [0.1, 0.15) is 46.5 Å². The van der Waals surface area contributed by atoms with Crippen LogP contribution in [0.15, 0.2) is 45.6 Å². The maximum Gasteiger partial charge on any atom is 0.343 e. The molecule has 36 heavy (non-hydrogen) atoms. The number of aryl methyl sites for hydroxylation is 1. The van der Waals surface area contributed by atoms with Crippen LogP contribution in [0.25, 0.3) is 0 Å². The third-order valence-electron chi connectivity index (χ3n) is 5.60. The van der Waals surface area contributed by atoms with Crippen molar-refractivity contribution in [3.63, 3.8) is 0 Å². The van der Waals surface area contributed by atoms with Crippen molar-refractivity contribution in [3.05, 3.63) is 69.3 Å². The monoisotopic (exact) mass is 497 g/mol. The second-order valence-electron chi connectivity index (χ2n) is 7.96. The Morgan fingerprint density at radius 1 is 0.972 bits per heavy atom. The van der Waals surface area contributed by atoms with Gasteiger partial charge in [0.1, 0.15) is 17.3 Å². The first-order chi connectivity index (χ1) is 17.1. The molecule has 1 amide bonds. The van der Waals surface area contributed by atoms with Crippen LogP contribution in [0.3, 0.4) is 0 Å². The van der Waals surface area contributed by atoms with Gasteiger partial charge in [-0.15, -0.1) is 0 Å². The van der Waals surface area contributed by atoms with Crippen molar-refractivity contribution in [1.82, 2.24) is 0 Å². The topological polar surface area (TPSA) is 145 Å². The normalized spacial score (nSPS) is 11.5. The highest BCUT2D eigenvalue weighted by Gasteiger charge is 2.30. The molecule has 0 spiro atoms. The number of nitrogens with one attached hydrogen (secondary N) is 1. The Labute approximate surface area is 207 Å². The third kappa shape index (κ3) is 5.27. The predicted molar refractivity (Wildman–Crippen MR) is 131 cm³/mol. The molecule has 1 atom stereocenters. The first kappa shape index (κ1) is 26.1. The minimum atomic E-state index is -1.01. The number of aromatic hydroxyl groups is 2. The number of rotatable bonds is 9. The molecule has 0 radical (unpaired) electrons. The zero-order chi connectivity index (χ0) is 26.6. The highest BCUT2D eigenvalue weighted by Crippen LogP contribution is 2.46. The fraction of sp³-hybridized carbons (Fsp3) is 0.269. The van der Waals surface area contributed by atoms with Crippen LogP contribution >= 0.6 is 0 Å². The number of hydrogen-bond donors (Lipinski definition) is 3. The van der Waals surface area contributed by atoms with E-state index in [-0.39, 0.29) is 57.8 Å². The lowest BCUT2D eigenvalue weighted by Gasteiger charge is -2.22. The van der Waals surface area contributed by atoms with Gasteiger partial charge >= 0.3 is 5.63 Å². The van der Waals surface area contributed by atoms with Gasteiger partial charge in [0.25, 0.3) is 0 Å².